The van der Waals surface area contributed by atoms with Gasteiger partial charge in [-0.1, -0.05) is 86.0 Å². The summed E-state index contributed by atoms with van der Waals surface area (Å²) in [5, 5.41) is 3.14. The van der Waals surface area contributed by atoms with Crippen LogP contribution in [0.3, 0.4) is 0 Å². The van der Waals surface area contributed by atoms with Crippen LogP contribution in [-0.2, 0) is 26.0 Å². The van der Waals surface area contributed by atoms with E-state index in [1.165, 1.54) is 27.8 Å². The van der Waals surface area contributed by atoms with E-state index in [-0.39, 0.29) is 23.4 Å². The lowest BCUT2D eigenvalue weighted by Gasteiger charge is -2.33. The summed E-state index contributed by atoms with van der Waals surface area (Å²) in [7, 11) is -4.06. The summed E-state index contributed by atoms with van der Waals surface area (Å²) >= 11 is 0. The molecular formula is C32H39N3O4S. The van der Waals surface area contributed by atoms with Crippen LogP contribution < -0.4 is 9.62 Å². The second-order valence-corrected chi connectivity index (χ2v) is 12.3. The minimum atomic E-state index is -4.06. The fourth-order valence-electron chi connectivity index (χ4n) is 5.22. The van der Waals surface area contributed by atoms with Crippen molar-refractivity contribution in [2.24, 2.45) is 0 Å². The summed E-state index contributed by atoms with van der Waals surface area (Å²) in [4.78, 5) is 29.0. The molecule has 1 atom stereocenters. The van der Waals surface area contributed by atoms with Crippen LogP contribution in [0.1, 0.15) is 50.2 Å². The third-order valence-electron chi connectivity index (χ3n) is 7.60. The lowest BCUT2D eigenvalue weighted by atomic mass is 9.95. The number of carbonyl (C=O) groups is 2. The highest BCUT2D eigenvalue weighted by Crippen LogP contribution is 2.27. The van der Waals surface area contributed by atoms with Gasteiger partial charge in [-0.15, -0.1) is 0 Å². The summed E-state index contributed by atoms with van der Waals surface area (Å²) in [5.41, 5.74) is 2.20. The lowest BCUT2D eigenvalue weighted by Crippen LogP contribution is -2.53. The minimum absolute atomic E-state index is 0.102. The maximum Gasteiger partial charge on any atom is 0.264 e. The Kier molecular flexibility index (Phi) is 9.98. The van der Waals surface area contributed by atoms with Gasteiger partial charge in [0.25, 0.3) is 10.0 Å². The SMILES string of the molecule is Cc1ccccc1N(CC(=O)N(CCc1ccccc1)C(C)C(=O)NC1CCCCC1)S(=O)(=O)c1ccccc1. The number of hydrogen-bond acceptors (Lipinski definition) is 4. The van der Waals surface area contributed by atoms with Crippen molar-refractivity contribution in [2.75, 3.05) is 17.4 Å². The van der Waals surface area contributed by atoms with E-state index in [0.29, 0.717) is 12.1 Å². The van der Waals surface area contributed by atoms with Gasteiger partial charge in [-0.2, -0.15) is 0 Å². The van der Waals surface area contributed by atoms with Gasteiger partial charge >= 0.3 is 0 Å². The maximum atomic E-state index is 14.0. The fraction of sp³-hybridized carbons (Fsp3) is 0.375. The second-order valence-electron chi connectivity index (χ2n) is 10.5. The molecule has 0 aromatic heterocycles. The molecular weight excluding hydrogens is 522 g/mol. The molecule has 1 fully saturated rings. The normalized spacial score (nSPS) is 14.8. The molecule has 2 amide bonds. The van der Waals surface area contributed by atoms with Gasteiger partial charge in [0, 0.05) is 12.6 Å². The average molecular weight is 562 g/mol. The van der Waals surface area contributed by atoms with E-state index >= 15 is 0 Å². The average Bonchev–Trinajstić information content (AvgIpc) is 2.98. The molecule has 8 heteroatoms. The van der Waals surface area contributed by atoms with Crippen molar-refractivity contribution in [3.8, 4) is 0 Å². The van der Waals surface area contributed by atoms with Gasteiger partial charge < -0.3 is 10.2 Å². The smallest absolute Gasteiger partial charge is 0.264 e. The van der Waals surface area contributed by atoms with Gasteiger partial charge in [-0.25, -0.2) is 8.42 Å². The molecule has 1 unspecified atom stereocenters. The number of anilines is 1. The first-order valence-electron chi connectivity index (χ1n) is 14.0. The van der Waals surface area contributed by atoms with Gasteiger partial charge in [-0.3, -0.25) is 13.9 Å². The largest absolute Gasteiger partial charge is 0.352 e. The monoisotopic (exact) mass is 561 g/mol. The van der Waals surface area contributed by atoms with Crippen molar-refractivity contribution < 1.29 is 18.0 Å². The Morgan fingerprint density at radius 1 is 0.875 bits per heavy atom. The van der Waals surface area contributed by atoms with Gasteiger partial charge in [0.15, 0.2) is 0 Å². The molecule has 3 aromatic carbocycles. The predicted octanol–water partition coefficient (Wildman–Crippen LogP) is 5.10. The number of benzene rings is 3. The number of hydrogen-bond donors (Lipinski definition) is 1. The van der Waals surface area contributed by atoms with Gasteiger partial charge in [0.05, 0.1) is 10.6 Å². The molecule has 1 aliphatic carbocycles. The standard InChI is InChI=1S/C32H39N3O4S/c1-25-14-12-13-21-30(25)35(40(38,39)29-19-10-5-11-20-29)24-31(36)34(23-22-27-15-6-3-7-16-27)26(2)32(37)33-28-17-8-4-9-18-28/h3,5-7,10-16,19-21,26,28H,4,8-9,17-18,22-24H2,1-2H3,(H,33,37). The Morgan fingerprint density at radius 2 is 1.48 bits per heavy atom. The minimum Gasteiger partial charge on any atom is -0.352 e. The number of aryl methyl sites for hydroxylation is 1. The van der Waals surface area contributed by atoms with E-state index in [1.54, 1.807) is 37.3 Å². The van der Waals surface area contributed by atoms with Gasteiger partial charge in [0.1, 0.15) is 12.6 Å². The van der Waals surface area contributed by atoms with Crippen LogP contribution in [-0.4, -0.2) is 50.3 Å². The van der Waals surface area contributed by atoms with E-state index in [2.05, 4.69) is 5.32 Å². The van der Waals surface area contributed by atoms with Crippen molar-refractivity contribution in [2.45, 2.75) is 69.4 Å². The van der Waals surface area contributed by atoms with E-state index < -0.39 is 28.5 Å². The number of rotatable bonds is 11. The highest BCUT2D eigenvalue weighted by molar-refractivity contribution is 7.92. The van der Waals surface area contributed by atoms with Crippen LogP contribution in [0.25, 0.3) is 0 Å². The Labute approximate surface area is 238 Å². The highest BCUT2D eigenvalue weighted by atomic mass is 32.2. The van der Waals surface area contributed by atoms with E-state index in [1.807, 2.05) is 49.4 Å². The van der Waals surface area contributed by atoms with Crippen molar-refractivity contribution in [1.82, 2.24) is 10.2 Å². The lowest BCUT2D eigenvalue weighted by molar-refractivity contribution is -0.139. The highest BCUT2D eigenvalue weighted by Gasteiger charge is 2.33. The Morgan fingerprint density at radius 3 is 2.12 bits per heavy atom. The maximum absolute atomic E-state index is 14.0. The molecule has 212 valence electrons. The number of nitrogens with zero attached hydrogens (tertiary/aromatic N) is 2. The van der Waals surface area contributed by atoms with E-state index in [0.717, 1.165) is 36.8 Å². The number of amides is 2. The van der Waals surface area contributed by atoms with Gasteiger partial charge in [-0.05, 0) is 62.4 Å². The number of nitrogens with one attached hydrogen (secondary N) is 1. The molecule has 0 heterocycles. The second kappa shape index (κ2) is 13.6. The molecule has 7 nitrogen and oxygen atoms in total. The Bertz CT molecular complexity index is 1370. The van der Waals surface area contributed by atoms with Gasteiger partial charge in [0.2, 0.25) is 11.8 Å². The fourth-order valence-corrected chi connectivity index (χ4v) is 6.71. The number of para-hydroxylation sites is 1. The van der Waals surface area contributed by atoms with Crippen molar-refractivity contribution in [3.63, 3.8) is 0 Å². The molecule has 0 aliphatic heterocycles. The third kappa shape index (κ3) is 7.30. The van der Waals surface area contributed by atoms with E-state index in [4.69, 9.17) is 0 Å². The molecule has 0 saturated heterocycles. The summed E-state index contributed by atoms with van der Waals surface area (Å²) in [6.07, 6.45) is 5.76. The molecule has 4 rings (SSSR count). The number of carbonyl (C=O) groups excluding carboxylic acids is 2. The first-order valence-corrected chi connectivity index (χ1v) is 15.5. The molecule has 0 radical (unpaired) electrons. The zero-order valence-corrected chi connectivity index (χ0v) is 24.1. The summed E-state index contributed by atoms with van der Waals surface area (Å²) < 4.78 is 28.9. The predicted molar refractivity (Wildman–Crippen MR) is 158 cm³/mol. The molecule has 3 aromatic rings. The topological polar surface area (TPSA) is 86.8 Å². The van der Waals surface area contributed by atoms with Crippen LogP contribution in [0.15, 0.2) is 89.8 Å². The Hall–Kier alpha value is -3.65. The molecule has 1 aliphatic rings. The zero-order valence-electron chi connectivity index (χ0n) is 23.3. The van der Waals surface area contributed by atoms with Crippen LogP contribution in [0.2, 0.25) is 0 Å². The van der Waals surface area contributed by atoms with Crippen LogP contribution in [0.5, 0.6) is 0 Å². The summed E-state index contributed by atoms with van der Waals surface area (Å²) in [5.74, 6) is -0.633. The van der Waals surface area contributed by atoms with Crippen LogP contribution in [0, 0.1) is 6.92 Å². The van der Waals surface area contributed by atoms with Crippen molar-refractivity contribution in [1.29, 1.82) is 0 Å². The zero-order chi connectivity index (χ0) is 28.5. The molecule has 40 heavy (non-hydrogen) atoms. The molecule has 1 saturated carbocycles. The van der Waals surface area contributed by atoms with Crippen LogP contribution in [0.4, 0.5) is 5.69 Å². The molecule has 0 bridgehead atoms. The van der Waals surface area contributed by atoms with Crippen molar-refractivity contribution >= 4 is 27.5 Å². The van der Waals surface area contributed by atoms with E-state index in [9.17, 15) is 18.0 Å². The molecule has 1 N–H and O–H groups in total. The Balaban J connectivity index is 1.63. The number of sulfonamides is 1. The first-order chi connectivity index (χ1) is 19.3. The van der Waals surface area contributed by atoms with Crippen LogP contribution >= 0.6 is 0 Å². The quantitative estimate of drug-likeness (QED) is 0.353. The summed E-state index contributed by atoms with van der Waals surface area (Å²) in [6.45, 7) is 3.42. The first kappa shape index (κ1) is 29.3. The molecule has 0 spiro atoms. The summed E-state index contributed by atoms with van der Waals surface area (Å²) in [6, 6.07) is 24.4. The third-order valence-corrected chi connectivity index (χ3v) is 9.37. The van der Waals surface area contributed by atoms with Crippen molar-refractivity contribution in [3.05, 3.63) is 96.1 Å².